The molecule has 2 aliphatic rings. The first kappa shape index (κ1) is 27.4. The fraction of sp³-hybridized carbons (Fsp3) is 0.615. The summed E-state index contributed by atoms with van der Waals surface area (Å²) in [6.45, 7) is 8.96. The maximum atomic E-state index is 14.3. The van der Waals surface area contributed by atoms with Crippen LogP contribution in [0.15, 0.2) is 12.3 Å². The topological polar surface area (TPSA) is 107 Å². The molecular weight excluding hydrogens is 500 g/mol. The van der Waals surface area contributed by atoms with Crippen LogP contribution in [0.3, 0.4) is 0 Å². The van der Waals surface area contributed by atoms with E-state index in [1.54, 1.807) is 13.8 Å². The molecule has 0 aromatic carbocycles. The summed E-state index contributed by atoms with van der Waals surface area (Å²) < 4.78 is 28.6. The number of aliphatic hydroxyl groups is 1. The van der Waals surface area contributed by atoms with E-state index in [9.17, 15) is 23.5 Å². The van der Waals surface area contributed by atoms with E-state index in [0.717, 1.165) is 43.4 Å². The number of amides is 2. The number of thiazole rings is 1. The maximum Gasteiger partial charge on any atom is 0.280 e. The molecule has 3 N–H and O–H groups in total. The van der Waals surface area contributed by atoms with Crippen LogP contribution in [0.5, 0.6) is 0 Å². The van der Waals surface area contributed by atoms with Crippen molar-refractivity contribution in [2.45, 2.75) is 96.4 Å². The molecule has 2 amide bonds. The monoisotopic (exact) mass is 535 g/mol. The molecule has 202 valence electrons. The van der Waals surface area contributed by atoms with Gasteiger partial charge in [-0.05, 0) is 65.9 Å². The first-order chi connectivity index (χ1) is 17.3. The number of aromatic nitrogens is 2. The van der Waals surface area contributed by atoms with E-state index in [4.69, 9.17) is 0 Å². The van der Waals surface area contributed by atoms with Gasteiger partial charge >= 0.3 is 0 Å². The van der Waals surface area contributed by atoms with Gasteiger partial charge in [0.05, 0.1) is 10.5 Å². The Balaban J connectivity index is 1.77. The number of pyridine rings is 1. The highest BCUT2D eigenvalue weighted by molar-refractivity contribution is 7.17. The van der Waals surface area contributed by atoms with Gasteiger partial charge in [0.1, 0.15) is 11.5 Å². The molecule has 4 heterocycles. The summed E-state index contributed by atoms with van der Waals surface area (Å²) in [5, 5.41) is 15.7. The van der Waals surface area contributed by atoms with Gasteiger partial charge in [-0.15, -0.1) is 11.3 Å². The third-order valence-corrected chi connectivity index (χ3v) is 8.25. The lowest BCUT2D eigenvalue weighted by molar-refractivity contribution is 0.0692. The Kier molecular flexibility index (Phi) is 7.58. The second-order valence-corrected chi connectivity index (χ2v) is 12.2. The number of rotatable bonds is 9. The molecule has 2 aromatic heterocycles. The Morgan fingerprint density at radius 3 is 2.35 bits per heavy atom. The van der Waals surface area contributed by atoms with Gasteiger partial charge in [-0.2, -0.15) is 0 Å². The van der Waals surface area contributed by atoms with Gasteiger partial charge in [0.25, 0.3) is 18.2 Å². The smallest absolute Gasteiger partial charge is 0.280 e. The Morgan fingerprint density at radius 2 is 1.81 bits per heavy atom. The van der Waals surface area contributed by atoms with Crippen molar-refractivity contribution in [1.29, 1.82) is 0 Å². The number of hydrogen-bond acceptors (Lipinski definition) is 7. The third kappa shape index (κ3) is 5.93. The van der Waals surface area contributed by atoms with Crippen LogP contribution in [0.4, 0.5) is 14.6 Å². The summed E-state index contributed by atoms with van der Waals surface area (Å²) in [6.07, 6.45) is 2.90. The molecule has 0 radical (unpaired) electrons. The molecule has 8 nitrogen and oxygen atoms in total. The number of nitrogens with zero attached hydrogens (tertiary/aromatic N) is 3. The Morgan fingerprint density at radius 1 is 1.19 bits per heavy atom. The summed E-state index contributed by atoms with van der Waals surface area (Å²) in [7, 11) is 0. The van der Waals surface area contributed by atoms with Gasteiger partial charge in [-0.1, -0.05) is 6.92 Å². The normalized spacial score (nSPS) is 19.5. The quantitative estimate of drug-likeness (QED) is 0.417. The van der Waals surface area contributed by atoms with Crippen molar-refractivity contribution in [2.75, 3.05) is 11.9 Å². The minimum Gasteiger partial charge on any atom is -0.389 e. The van der Waals surface area contributed by atoms with Crippen LogP contribution < -0.4 is 10.6 Å². The van der Waals surface area contributed by atoms with Crippen molar-refractivity contribution in [3.63, 3.8) is 0 Å². The molecule has 37 heavy (non-hydrogen) atoms. The molecule has 0 saturated carbocycles. The van der Waals surface area contributed by atoms with Gasteiger partial charge in [-0.3, -0.25) is 9.59 Å². The lowest BCUT2D eigenvalue weighted by Gasteiger charge is -2.25. The largest absolute Gasteiger partial charge is 0.389 e. The Labute approximate surface area is 219 Å². The highest BCUT2D eigenvalue weighted by atomic mass is 32.1. The maximum absolute atomic E-state index is 14.3. The van der Waals surface area contributed by atoms with Crippen molar-refractivity contribution in [2.24, 2.45) is 0 Å². The molecule has 2 saturated heterocycles. The SMILES string of the molecule is CCC(C)(C)Nc1cc(C(F)F)c(-c2sc(C(=O)NCC(C)(C)O)nc2C(=O)N2C3CCC2CC3)cn1. The lowest BCUT2D eigenvalue weighted by atomic mass is 10.0. The summed E-state index contributed by atoms with van der Waals surface area (Å²) in [4.78, 5) is 37.3. The lowest BCUT2D eigenvalue weighted by Crippen LogP contribution is -2.38. The van der Waals surface area contributed by atoms with E-state index < -0.39 is 17.9 Å². The first-order valence-corrected chi connectivity index (χ1v) is 13.5. The molecule has 0 spiro atoms. The van der Waals surface area contributed by atoms with Crippen LogP contribution in [-0.2, 0) is 0 Å². The molecule has 2 fully saturated rings. The molecule has 2 bridgehead atoms. The van der Waals surface area contributed by atoms with Crippen molar-refractivity contribution in [3.8, 4) is 10.4 Å². The van der Waals surface area contributed by atoms with Crippen molar-refractivity contribution in [1.82, 2.24) is 20.2 Å². The van der Waals surface area contributed by atoms with E-state index in [2.05, 4.69) is 20.6 Å². The number of anilines is 1. The van der Waals surface area contributed by atoms with Gasteiger partial charge in [0.2, 0.25) is 0 Å². The van der Waals surface area contributed by atoms with Gasteiger partial charge in [-0.25, -0.2) is 18.7 Å². The minimum atomic E-state index is -2.83. The first-order valence-electron chi connectivity index (χ1n) is 12.7. The standard InChI is InChI=1S/C26H35F2N5O3S/c1-6-25(2,3)32-18-11-16(21(27)28)17(12-29-18)20-19(24(35)33-14-7-8-15(33)10-9-14)31-23(37-20)22(34)30-13-26(4,5)36/h11-12,14-15,21,36H,6-10,13H2,1-5H3,(H,29,32)(H,30,34). The third-order valence-electron chi connectivity index (χ3n) is 7.16. The number of fused-ring (bicyclic) bond motifs is 2. The zero-order valence-corrected chi connectivity index (χ0v) is 22.7. The fourth-order valence-corrected chi connectivity index (χ4v) is 5.83. The molecular formula is C26H35F2N5O3S. The van der Waals surface area contributed by atoms with Gasteiger partial charge < -0.3 is 20.6 Å². The Bertz CT molecular complexity index is 1160. The molecule has 0 aliphatic carbocycles. The predicted octanol–water partition coefficient (Wildman–Crippen LogP) is 5.01. The number of hydrogen-bond donors (Lipinski definition) is 3. The molecule has 0 unspecified atom stereocenters. The fourth-order valence-electron chi connectivity index (χ4n) is 4.83. The van der Waals surface area contributed by atoms with Crippen molar-refractivity contribution >= 4 is 29.0 Å². The average Bonchev–Trinajstić information content (AvgIpc) is 3.56. The van der Waals surface area contributed by atoms with Crippen molar-refractivity contribution in [3.05, 3.63) is 28.5 Å². The summed E-state index contributed by atoms with van der Waals surface area (Å²) in [6, 6.07) is 1.52. The van der Waals surface area contributed by atoms with Crippen LogP contribution in [0.2, 0.25) is 0 Å². The molecule has 2 aromatic rings. The van der Waals surface area contributed by atoms with Crippen molar-refractivity contribution < 1.29 is 23.5 Å². The molecule has 0 atom stereocenters. The van der Waals surface area contributed by atoms with Crippen LogP contribution in [0.25, 0.3) is 10.4 Å². The minimum absolute atomic E-state index is 0.00416. The average molecular weight is 536 g/mol. The van der Waals surface area contributed by atoms with Crippen LogP contribution in [0.1, 0.15) is 99.0 Å². The van der Waals surface area contributed by atoms with E-state index in [-0.39, 0.29) is 56.8 Å². The second-order valence-electron chi connectivity index (χ2n) is 11.2. The number of carbonyl (C=O) groups is 2. The number of alkyl halides is 2. The van der Waals surface area contributed by atoms with E-state index in [1.807, 2.05) is 25.7 Å². The van der Waals surface area contributed by atoms with E-state index >= 15 is 0 Å². The molecule has 2 aliphatic heterocycles. The Hall–Kier alpha value is -2.66. The number of halogens is 2. The number of nitrogens with one attached hydrogen (secondary N) is 2. The second kappa shape index (κ2) is 10.2. The highest BCUT2D eigenvalue weighted by Crippen LogP contribution is 2.42. The van der Waals surface area contributed by atoms with Gasteiger partial charge in [0.15, 0.2) is 5.01 Å². The zero-order valence-electron chi connectivity index (χ0n) is 21.9. The molecule has 4 rings (SSSR count). The summed E-state index contributed by atoms with van der Waals surface area (Å²) >= 11 is 0.890. The number of carbonyl (C=O) groups excluding carboxylic acids is 2. The zero-order chi connectivity index (χ0) is 27.1. The molecule has 11 heteroatoms. The summed E-state index contributed by atoms with van der Waals surface area (Å²) in [5.74, 6) is -0.609. The van der Waals surface area contributed by atoms with Crippen LogP contribution >= 0.6 is 11.3 Å². The highest BCUT2D eigenvalue weighted by Gasteiger charge is 2.44. The van der Waals surface area contributed by atoms with Gasteiger partial charge in [0, 0.05) is 41.5 Å². The van der Waals surface area contributed by atoms with E-state index in [0.29, 0.717) is 5.82 Å². The summed E-state index contributed by atoms with van der Waals surface area (Å²) in [5.41, 5.74) is -1.69. The van der Waals surface area contributed by atoms with E-state index in [1.165, 1.54) is 12.3 Å². The van der Waals surface area contributed by atoms with Crippen LogP contribution in [0, 0.1) is 0 Å². The predicted molar refractivity (Wildman–Crippen MR) is 139 cm³/mol. The van der Waals surface area contributed by atoms with Crippen LogP contribution in [-0.4, -0.2) is 61.6 Å².